The van der Waals surface area contributed by atoms with E-state index in [0.717, 1.165) is 17.5 Å². The maximum atomic E-state index is 10.5. The Bertz CT molecular complexity index is 788. The Labute approximate surface area is 158 Å². The number of ether oxygens (including phenoxy) is 3. The molecule has 0 radical (unpaired) electrons. The quantitative estimate of drug-likeness (QED) is 0.291. The molecule has 0 atom stereocenters. The number of nitrogens with two attached hydrogens (primary N) is 1. The van der Waals surface area contributed by atoms with Gasteiger partial charge in [0.05, 0.1) is 13.3 Å². The lowest BCUT2D eigenvalue weighted by Gasteiger charge is -2.12. The normalized spacial score (nSPS) is 10.4. The Morgan fingerprint density at radius 1 is 1.15 bits per heavy atom. The van der Waals surface area contributed by atoms with Crippen LogP contribution in [0.4, 0.5) is 4.79 Å². The van der Waals surface area contributed by atoms with E-state index in [9.17, 15) is 4.79 Å². The first-order valence-electron chi connectivity index (χ1n) is 8.34. The average molecular weight is 369 g/mol. The summed E-state index contributed by atoms with van der Waals surface area (Å²) in [5.74, 6) is 2.05. The van der Waals surface area contributed by atoms with Crippen LogP contribution in [0.3, 0.4) is 0 Å². The monoisotopic (exact) mass is 369 g/mol. The molecular formula is C20H23N3O4. The number of amides is 2. The Morgan fingerprint density at radius 3 is 2.56 bits per heavy atom. The Kier molecular flexibility index (Phi) is 7.71. The minimum Gasteiger partial charge on any atom is -0.493 e. The van der Waals surface area contributed by atoms with Gasteiger partial charge in [-0.1, -0.05) is 12.1 Å². The largest absolute Gasteiger partial charge is 0.493 e. The van der Waals surface area contributed by atoms with E-state index in [1.165, 1.54) is 6.21 Å². The molecule has 2 aromatic carbocycles. The number of nitrogens with zero attached hydrogens (tertiary/aromatic N) is 1. The topological polar surface area (TPSA) is 95.2 Å². The molecule has 0 aliphatic rings. The maximum Gasteiger partial charge on any atom is 0.332 e. The van der Waals surface area contributed by atoms with E-state index in [1.54, 1.807) is 19.2 Å². The van der Waals surface area contributed by atoms with Crippen LogP contribution in [0.5, 0.6) is 17.2 Å². The number of nitrogens with one attached hydrogen (secondary N) is 1. The highest BCUT2D eigenvalue weighted by Crippen LogP contribution is 2.28. The number of allylic oxidation sites excluding steroid dienone is 1. The van der Waals surface area contributed by atoms with Crippen LogP contribution in [0.15, 0.2) is 60.2 Å². The van der Waals surface area contributed by atoms with Gasteiger partial charge < -0.3 is 19.9 Å². The summed E-state index contributed by atoms with van der Waals surface area (Å²) in [6.07, 6.45) is 4.10. The smallest absolute Gasteiger partial charge is 0.332 e. The molecule has 0 unspecified atom stereocenters. The number of rotatable bonds is 10. The molecule has 0 fully saturated rings. The van der Waals surface area contributed by atoms with E-state index >= 15 is 0 Å². The lowest BCUT2D eigenvalue weighted by atomic mass is 10.1. The molecule has 2 amide bonds. The zero-order chi connectivity index (χ0) is 19.5. The molecule has 0 spiro atoms. The van der Waals surface area contributed by atoms with Crippen LogP contribution >= 0.6 is 0 Å². The molecule has 0 aliphatic heterocycles. The van der Waals surface area contributed by atoms with E-state index in [4.69, 9.17) is 19.9 Å². The van der Waals surface area contributed by atoms with E-state index in [-0.39, 0.29) is 0 Å². The number of urea groups is 1. The van der Waals surface area contributed by atoms with Gasteiger partial charge in [-0.2, -0.15) is 5.10 Å². The van der Waals surface area contributed by atoms with E-state index in [2.05, 4.69) is 17.1 Å². The van der Waals surface area contributed by atoms with Gasteiger partial charge in [-0.05, 0) is 53.9 Å². The Hall–Kier alpha value is -3.48. The molecule has 7 nitrogen and oxygen atoms in total. The maximum absolute atomic E-state index is 10.5. The standard InChI is InChI=1S/C20H23N3O4/c1-3-4-15-7-10-18(19(13-15)25-2)27-12-11-26-17-8-5-16(6-9-17)14-22-23-20(21)24/h3,5-10,13-14H,1,4,11-12H2,2H3,(H3,21,23,24)/b22-14-. The predicted octanol–water partition coefficient (Wildman–Crippen LogP) is 2.88. The minimum absolute atomic E-state index is 0.378. The summed E-state index contributed by atoms with van der Waals surface area (Å²) in [7, 11) is 1.61. The van der Waals surface area contributed by atoms with Crippen molar-refractivity contribution in [3.8, 4) is 17.2 Å². The van der Waals surface area contributed by atoms with Crippen LogP contribution in [0.2, 0.25) is 0 Å². The van der Waals surface area contributed by atoms with E-state index in [1.807, 2.05) is 36.4 Å². The Balaban J connectivity index is 1.80. The van der Waals surface area contributed by atoms with Gasteiger partial charge in [0.15, 0.2) is 11.5 Å². The molecule has 0 saturated carbocycles. The fourth-order valence-corrected chi connectivity index (χ4v) is 2.26. The summed E-state index contributed by atoms with van der Waals surface area (Å²) in [4.78, 5) is 10.5. The lowest BCUT2D eigenvalue weighted by molar-refractivity contribution is 0.211. The number of methoxy groups -OCH3 is 1. The third-order valence-corrected chi connectivity index (χ3v) is 3.49. The number of primary amides is 1. The van der Waals surface area contributed by atoms with Gasteiger partial charge in [0.1, 0.15) is 19.0 Å². The number of carbonyl (C=O) groups is 1. The molecule has 3 N–H and O–H groups in total. The van der Waals surface area contributed by atoms with Crippen LogP contribution in [0, 0.1) is 0 Å². The van der Waals surface area contributed by atoms with Crippen LogP contribution in [-0.4, -0.2) is 32.6 Å². The van der Waals surface area contributed by atoms with E-state index in [0.29, 0.717) is 30.5 Å². The molecule has 7 heteroatoms. The first-order valence-corrected chi connectivity index (χ1v) is 8.34. The van der Waals surface area contributed by atoms with E-state index < -0.39 is 6.03 Å². The number of hydrazone groups is 1. The van der Waals surface area contributed by atoms with Crippen LogP contribution < -0.4 is 25.4 Å². The van der Waals surface area contributed by atoms with Crippen molar-refractivity contribution < 1.29 is 19.0 Å². The molecule has 27 heavy (non-hydrogen) atoms. The van der Waals surface area contributed by atoms with Crippen molar-refractivity contribution in [3.63, 3.8) is 0 Å². The summed E-state index contributed by atoms with van der Waals surface area (Å²) in [5, 5.41) is 3.69. The van der Waals surface area contributed by atoms with Gasteiger partial charge >= 0.3 is 6.03 Å². The SMILES string of the molecule is C=CCc1ccc(OCCOc2ccc(/C=N\NC(N)=O)cc2)c(OC)c1. The predicted molar refractivity (Wildman–Crippen MR) is 105 cm³/mol. The van der Waals surface area contributed by atoms with Gasteiger partial charge in [0.2, 0.25) is 0 Å². The number of carbonyl (C=O) groups excluding carboxylic acids is 1. The second kappa shape index (κ2) is 10.5. The van der Waals surface area contributed by atoms with Crippen LogP contribution in [0.1, 0.15) is 11.1 Å². The lowest BCUT2D eigenvalue weighted by Crippen LogP contribution is -2.24. The molecule has 0 saturated heterocycles. The fourth-order valence-electron chi connectivity index (χ4n) is 2.26. The van der Waals surface area contributed by atoms with Gasteiger partial charge in [-0.25, -0.2) is 10.2 Å². The minimum atomic E-state index is -0.710. The fraction of sp³-hybridized carbons (Fsp3) is 0.200. The van der Waals surface area contributed by atoms with Gasteiger partial charge in [0, 0.05) is 0 Å². The molecule has 0 aliphatic carbocycles. The summed E-state index contributed by atoms with van der Waals surface area (Å²) < 4.78 is 16.7. The summed E-state index contributed by atoms with van der Waals surface area (Å²) in [5.41, 5.74) is 8.97. The average Bonchev–Trinajstić information content (AvgIpc) is 2.67. The third kappa shape index (κ3) is 6.74. The van der Waals surface area contributed by atoms with Crippen molar-refractivity contribution in [2.45, 2.75) is 6.42 Å². The first kappa shape index (κ1) is 19.8. The molecule has 2 rings (SSSR count). The molecule has 142 valence electrons. The van der Waals surface area contributed by atoms with Crippen molar-refractivity contribution >= 4 is 12.2 Å². The highest BCUT2D eigenvalue weighted by atomic mass is 16.5. The van der Waals surface area contributed by atoms with Crippen molar-refractivity contribution in [1.29, 1.82) is 0 Å². The highest BCUT2D eigenvalue weighted by Gasteiger charge is 2.05. The van der Waals surface area contributed by atoms with Crippen molar-refractivity contribution in [2.24, 2.45) is 10.8 Å². The molecule has 0 bridgehead atoms. The summed E-state index contributed by atoms with van der Waals surface area (Å²) in [6, 6.07) is 12.3. The summed E-state index contributed by atoms with van der Waals surface area (Å²) in [6.45, 7) is 4.49. The van der Waals surface area contributed by atoms with Gasteiger partial charge in [-0.3, -0.25) is 0 Å². The molecule has 0 heterocycles. The van der Waals surface area contributed by atoms with Crippen LogP contribution in [0.25, 0.3) is 0 Å². The van der Waals surface area contributed by atoms with Crippen molar-refractivity contribution in [3.05, 3.63) is 66.2 Å². The highest BCUT2D eigenvalue weighted by molar-refractivity contribution is 5.81. The van der Waals surface area contributed by atoms with Crippen molar-refractivity contribution in [2.75, 3.05) is 20.3 Å². The number of hydrogen-bond acceptors (Lipinski definition) is 5. The second-order valence-corrected chi connectivity index (χ2v) is 5.48. The molecular weight excluding hydrogens is 346 g/mol. The number of hydrogen-bond donors (Lipinski definition) is 2. The Morgan fingerprint density at radius 2 is 1.89 bits per heavy atom. The molecule has 0 aromatic heterocycles. The zero-order valence-electron chi connectivity index (χ0n) is 15.2. The van der Waals surface area contributed by atoms with Crippen molar-refractivity contribution in [1.82, 2.24) is 5.43 Å². The second-order valence-electron chi connectivity index (χ2n) is 5.48. The molecule has 2 aromatic rings. The first-order chi connectivity index (χ1) is 13.1. The summed E-state index contributed by atoms with van der Waals surface area (Å²) >= 11 is 0. The van der Waals surface area contributed by atoms with Gasteiger partial charge in [-0.15, -0.1) is 6.58 Å². The third-order valence-electron chi connectivity index (χ3n) is 3.49. The van der Waals surface area contributed by atoms with Gasteiger partial charge in [0.25, 0.3) is 0 Å². The zero-order valence-corrected chi connectivity index (χ0v) is 15.2. The number of benzene rings is 2. The van der Waals surface area contributed by atoms with Crippen LogP contribution in [-0.2, 0) is 6.42 Å².